The number of rotatable bonds is 4. The fraction of sp³-hybridized carbons (Fsp3) is 0.176. The minimum atomic E-state index is -0.122. The third kappa shape index (κ3) is 3.48. The minimum absolute atomic E-state index is 0.122. The molecule has 2 heterocycles. The molecule has 0 radical (unpaired) electrons. The maximum Gasteiger partial charge on any atom is 0.268 e. The summed E-state index contributed by atoms with van der Waals surface area (Å²) in [6.07, 6.45) is 1.96. The Labute approximate surface area is 143 Å². The second kappa shape index (κ2) is 6.60. The molecule has 0 atom stereocenters. The Hall–Kier alpha value is -2.05. The number of nitrogens with one attached hydrogen (secondary N) is 2. The third-order valence-electron chi connectivity index (χ3n) is 3.41. The molecule has 0 fully saturated rings. The zero-order chi connectivity index (χ0) is 16.4. The van der Waals surface area contributed by atoms with E-state index in [1.54, 1.807) is 11.8 Å². The van der Waals surface area contributed by atoms with E-state index >= 15 is 0 Å². The molecule has 6 heteroatoms. The second-order valence-electron chi connectivity index (χ2n) is 5.32. The SMILES string of the molecule is CSc1ccsc1C(=O)Nc1cc(-c2cc(C)cc(C)c2)[nH]n1. The predicted octanol–water partition coefficient (Wildman–Crippen LogP) is 4.73. The summed E-state index contributed by atoms with van der Waals surface area (Å²) in [5, 5.41) is 12.0. The van der Waals surface area contributed by atoms with Gasteiger partial charge in [0.15, 0.2) is 5.82 Å². The Kier molecular flexibility index (Phi) is 4.54. The molecule has 0 aliphatic carbocycles. The van der Waals surface area contributed by atoms with Crippen LogP contribution in [0.2, 0.25) is 0 Å². The van der Waals surface area contributed by atoms with Gasteiger partial charge in [0.1, 0.15) is 4.88 Å². The highest BCUT2D eigenvalue weighted by Gasteiger charge is 2.14. The van der Waals surface area contributed by atoms with E-state index in [-0.39, 0.29) is 5.91 Å². The van der Waals surface area contributed by atoms with Crippen LogP contribution >= 0.6 is 23.1 Å². The molecule has 4 nitrogen and oxygen atoms in total. The smallest absolute Gasteiger partial charge is 0.268 e. The van der Waals surface area contributed by atoms with Crippen molar-refractivity contribution in [3.05, 3.63) is 51.7 Å². The summed E-state index contributed by atoms with van der Waals surface area (Å²) in [5.41, 5.74) is 4.35. The van der Waals surface area contributed by atoms with Crippen LogP contribution in [0.4, 0.5) is 5.82 Å². The number of thioether (sulfide) groups is 1. The summed E-state index contributed by atoms with van der Waals surface area (Å²) in [4.78, 5) is 14.0. The molecule has 0 spiro atoms. The Morgan fingerprint density at radius 1 is 1.22 bits per heavy atom. The van der Waals surface area contributed by atoms with Gasteiger partial charge in [-0.2, -0.15) is 5.10 Å². The van der Waals surface area contributed by atoms with Crippen molar-refractivity contribution in [1.82, 2.24) is 10.2 Å². The number of carbonyl (C=O) groups excluding carboxylic acids is 1. The van der Waals surface area contributed by atoms with Gasteiger partial charge in [-0.25, -0.2) is 0 Å². The number of thiophene rings is 1. The van der Waals surface area contributed by atoms with Gasteiger partial charge in [-0.3, -0.25) is 9.89 Å². The van der Waals surface area contributed by atoms with Crippen molar-refractivity contribution in [2.45, 2.75) is 18.7 Å². The monoisotopic (exact) mass is 343 g/mol. The molecule has 2 N–H and O–H groups in total. The summed E-state index contributed by atoms with van der Waals surface area (Å²) in [6.45, 7) is 4.13. The average Bonchev–Trinajstić information content (AvgIpc) is 3.14. The van der Waals surface area contributed by atoms with Gasteiger partial charge in [-0.1, -0.05) is 17.2 Å². The number of nitrogens with zero attached hydrogens (tertiary/aromatic N) is 1. The Morgan fingerprint density at radius 3 is 2.65 bits per heavy atom. The topological polar surface area (TPSA) is 57.8 Å². The van der Waals surface area contributed by atoms with Crippen LogP contribution in [-0.4, -0.2) is 22.4 Å². The maximum atomic E-state index is 12.3. The van der Waals surface area contributed by atoms with E-state index in [0.29, 0.717) is 10.7 Å². The van der Waals surface area contributed by atoms with E-state index < -0.39 is 0 Å². The second-order valence-corrected chi connectivity index (χ2v) is 7.08. The number of amides is 1. The molecule has 0 saturated carbocycles. The fourth-order valence-electron chi connectivity index (χ4n) is 2.46. The van der Waals surface area contributed by atoms with Gasteiger partial charge in [0.25, 0.3) is 5.91 Å². The summed E-state index contributed by atoms with van der Waals surface area (Å²) in [5.74, 6) is 0.410. The molecule has 0 saturated heterocycles. The van der Waals surface area contributed by atoms with Gasteiger partial charge in [0, 0.05) is 16.5 Å². The molecule has 3 rings (SSSR count). The first-order valence-electron chi connectivity index (χ1n) is 7.13. The number of hydrogen-bond donors (Lipinski definition) is 2. The average molecular weight is 343 g/mol. The Bertz CT molecular complexity index is 831. The lowest BCUT2D eigenvalue weighted by atomic mass is 10.1. The van der Waals surface area contributed by atoms with Gasteiger partial charge in [-0.05, 0) is 43.7 Å². The minimum Gasteiger partial charge on any atom is -0.304 e. The predicted molar refractivity (Wildman–Crippen MR) is 97.6 cm³/mol. The lowest BCUT2D eigenvalue weighted by Crippen LogP contribution is -2.11. The molecule has 0 unspecified atom stereocenters. The number of hydrogen-bond acceptors (Lipinski definition) is 4. The first-order valence-corrected chi connectivity index (χ1v) is 9.24. The van der Waals surface area contributed by atoms with Crippen LogP contribution in [0.15, 0.2) is 40.6 Å². The van der Waals surface area contributed by atoms with Crippen LogP contribution < -0.4 is 5.32 Å². The lowest BCUT2D eigenvalue weighted by molar-refractivity contribution is 0.102. The quantitative estimate of drug-likeness (QED) is 0.673. The van der Waals surface area contributed by atoms with Gasteiger partial charge in [0.2, 0.25) is 0 Å². The number of aromatic amines is 1. The molecule has 0 bridgehead atoms. The number of aromatic nitrogens is 2. The molecule has 1 amide bonds. The van der Waals surface area contributed by atoms with Crippen molar-refractivity contribution in [3.8, 4) is 11.3 Å². The maximum absolute atomic E-state index is 12.3. The van der Waals surface area contributed by atoms with Crippen LogP contribution in [0.5, 0.6) is 0 Å². The van der Waals surface area contributed by atoms with E-state index in [1.165, 1.54) is 22.5 Å². The zero-order valence-electron chi connectivity index (χ0n) is 13.1. The van der Waals surface area contributed by atoms with Crippen LogP contribution in [-0.2, 0) is 0 Å². The van der Waals surface area contributed by atoms with E-state index in [4.69, 9.17) is 0 Å². The normalized spacial score (nSPS) is 10.7. The summed E-state index contributed by atoms with van der Waals surface area (Å²) < 4.78 is 0. The highest BCUT2D eigenvalue weighted by molar-refractivity contribution is 7.98. The lowest BCUT2D eigenvalue weighted by Gasteiger charge is -2.02. The fourth-order valence-corrected chi connectivity index (χ4v) is 4.11. The van der Waals surface area contributed by atoms with Crippen molar-refractivity contribution in [3.63, 3.8) is 0 Å². The summed E-state index contributed by atoms with van der Waals surface area (Å²) in [7, 11) is 0. The molecule has 2 aromatic heterocycles. The van der Waals surface area contributed by atoms with Gasteiger partial charge < -0.3 is 5.32 Å². The highest BCUT2D eigenvalue weighted by atomic mass is 32.2. The number of carbonyl (C=O) groups is 1. The number of benzene rings is 1. The van der Waals surface area contributed by atoms with Crippen molar-refractivity contribution < 1.29 is 4.79 Å². The van der Waals surface area contributed by atoms with Gasteiger partial charge in [0.05, 0.1) is 5.69 Å². The van der Waals surface area contributed by atoms with Crippen LogP contribution in [0.1, 0.15) is 20.8 Å². The molecule has 118 valence electrons. The molecule has 23 heavy (non-hydrogen) atoms. The molecule has 1 aromatic carbocycles. The van der Waals surface area contributed by atoms with Crippen molar-refractivity contribution >= 4 is 34.8 Å². The van der Waals surface area contributed by atoms with E-state index in [1.807, 2.05) is 23.8 Å². The molecular formula is C17H17N3OS2. The number of anilines is 1. The van der Waals surface area contributed by atoms with Crippen molar-refractivity contribution in [1.29, 1.82) is 0 Å². The molecular weight excluding hydrogens is 326 g/mol. The van der Waals surface area contributed by atoms with Crippen LogP contribution in [0.3, 0.4) is 0 Å². The first-order chi connectivity index (χ1) is 11.1. The number of H-pyrrole nitrogens is 1. The zero-order valence-corrected chi connectivity index (χ0v) is 14.8. The largest absolute Gasteiger partial charge is 0.304 e. The number of aryl methyl sites for hydroxylation is 2. The standard InChI is InChI=1S/C17H17N3OS2/c1-10-6-11(2)8-12(7-10)13-9-15(20-19-13)18-17(21)16-14(22-3)4-5-23-16/h4-9H,1-3H3,(H2,18,19,20,21). The van der Waals surface area contributed by atoms with Gasteiger partial charge in [-0.15, -0.1) is 23.1 Å². The summed E-state index contributed by atoms with van der Waals surface area (Å²) in [6, 6.07) is 10.1. The van der Waals surface area contributed by atoms with Crippen LogP contribution in [0, 0.1) is 13.8 Å². The summed E-state index contributed by atoms with van der Waals surface area (Å²) >= 11 is 3.01. The Morgan fingerprint density at radius 2 is 1.96 bits per heavy atom. The van der Waals surface area contributed by atoms with Crippen molar-refractivity contribution in [2.75, 3.05) is 11.6 Å². The van der Waals surface area contributed by atoms with Gasteiger partial charge >= 0.3 is 0 Å². The van der Waals surface area contributed by atoms with E-state index in [2.05, 4.69) is 47.6 Å². The molecule has 0 aliphatic heterocycles. The van der Waals surface area contributed by atoms with Crippen LogP contribution in [0.25, 0.3) is 11.3 Å². The van der Waals surface area contributed by atoms with E-state index in [9.17, 15) is 4.79 Å². The Balaban J connectivity index is 1.81. The first kappa shape index (κ1) is 15.8. The molecule has 3 aromatic rings. The highest BCUT2D eigenvalue weighted by Crippen LogP contribution is 2.27. The van der Waals surface area contributed by atoms with Crippen molar-refractivity contribution in [2.24, 2.45) is 0 Å². The third-order valence-corrected chi connectivity index (χ3v) is 5.23. The van der Waals surface area contributed by atoms with E-state index in [0.717, 1.165) is 16.2 Å². The molecule has 0 aliphatic rings.